The van der Waals surface area contributed by atoms with Crippen LogP contribution in [-0.2, 0) is 32.2 Å². The summed E-state index contributed by atoms with van der Waals surface area (Å²) in [6, 6.07) is 24.4. The van der Waals surface area contributed by atoms with Gasteiger partial charge in [-0.25, -0.2) is 0 Å². The molecule has 4 rings (SSSR count). The zero-order chi connectivity index (χ0) is 32.0. The Bertz CT molecular complexity index is 1380. The molecule has 0 aliphatic carbocycles. The number of nitrogens with zero attached hydrogens (tertiary/aromatic N) is 1. The Balaban J connectivity index is 1.36. The van der Waals surface area contributed by atoms with E-state index in [1.165, 1.54) is 6.92 Å². The summed E-state index contributed by atoms with van der Waals surface area (Å²) in [5.41, 5.74) is 6.07. The summed E-state index contributed by atoms with van der Waals surface area (Å²) in [4.78, 5) is 25.5. The molecule has 1 saturated heterocycles. The van der Waals surface area contributed by atoms with Gasteiger partial charge in [-0.15, -0.1) is 6.58 Å². The lowest BCUT2D eigenvalue weighted by Gasteiger charge is -2.37. The zero-order valence-electron chi connectivity index (χ0n) is 26.5. The normalized spacial score (nSPS) is 18.0. The molecule has 1 aliphatic rings. The van der Waals surface area contributed by atoms with Crippen LogP contribution in [0.15, 0.2) is 85.5 Å². The summed E-state index contributed by atoms with van der Waals surface area (Å²) >= 11 is 0. The molecule has 2 amide bonds. The molecule has 3 aromatic carbocycles. The maximum absolute atomic E-state index is 12.3. The van der Waals surface area contributed by atoms with E-state index in [9.17, 15) is 14.7 Å². The van der Waals surface area contributed by atoms with Crippen LogP contribution in [0.5, 0.6) is 0 Å². The molecule has 1 heterocycles. The van der Waals surface area contributed by atoms with Crippen molar-refractivity contribution >= 4 is 11.8 Å². The second kappa shape index (κ2) is 17.6. The Morgan fingerprint density at radius 1 is 0.933 bits per heavy atom. The Hall–Kier alpha value is -3.82. The van der Waals surface area contributed by atoms with Crippen LogP contribution in [0.4, 0.5) is 0 Å². The molecule has 1 aliphatic heterocycles. The lowest BCUT2D eigenvalue weighted by atomic mass is 9.99. The van der Waals surface area contributed by atoms with Crippen LogP contribution in [0, 0.1) is 0 Å². The van der Waals surface area contributed by atoms with Crippen LogP contribution in [0.2, 0.25) is 0 Å². The number of hydrogen-bond acceptors (Lipinski definition) is 6. The molecule has 0 bridgehead atoms. The van der Waals surface area contributed by atoms with E-state index in [-0.39, 0.29) is 30.6 Å². The number of ether oxygens (including phenoxy) is 2. The van der Waals surface area contributed by atoms with Crippen molar-refractivity contribution in [2.75, 3.05) is 26.7 Å². The molecular formula is C37H47N3O5. The quantitative estimate of drug-likeness (QED) is 0.139. The Morgan fingerprint density at radius 2 is 1.69 bits per heavy atom. The number of nitrogens with one attached hydrogen (secondary N) is 2. The molecule has 8 nitrogen and oxygen atoms in total. The molecule has 3 N–H and O–H groups in total. The average Bonchev–Trinajstić information content (AvgIpc) is 3.05. The summed E-state index contributed by atoms with van der Waals surface area (Å²) in [7, 11) is 2.06. The summed E-state index contributed by atoms with van der Waals surface area (Å²) in [5, 5.41) is 15.3. The number of hydrogen-bond donors (Lipinski definition) is 3. The summed E-state index contributed by atoms with van der Waals surface area (Å²) in [6.45, 7) is 8.05. The fourth-order valence-corrected chi connectivity index (χ4v) is 5.51. The first-order chi connectivity index (χ1) is 21.8. The van der Waals surface area contributed by atoms with Crippen molar-refractivity contribution in [3.05, 3.63) is 108 Å². The summed E-state index contributed by atoms with van der Waals surface area (Å²) in [6.07, 6.45) is 5.02. The second-order valence-corrected chi connectivity index (χ2v) is 11.8. The zero-order valence-corrected chi connectivity index (χ0v) is 26.5. The fourth-order valence-electron chi connectivity index (χ4n) is 5.51. The molecule has 45 heavy (non-hydrogen) atoms. The lowest BCUT2D eigenvalue weighted by molar-refractivity contribution is -0.252. The van der Waals surface area contributed by atoms with E-state index < -0.39 is 6.29 Å². The van der Waals surface area contributed by atoms with Gasteiger partial charge < -0.3 is 30.1 Å². The van der Waals surface area contributed by atoms with Crippen LogP contribution in [0.1, 0.15) is 73.7 Å². The maximum Gasteiger partial charge on any atom is 0.220 e. The van der Waals surface area contributed by atoms with E-state index in [0.717, 1.165) is 72.2 Å². The highest BCUT2D eigenvalue weighted by atomic mass is 16.7. The topological polar surface area (TPSA) is 100 Å². The second-order valence-electron chi connectivity index (χ2n) is 11.8. The monoisotopic (exact) mass is 613 g/mol. The molecule has 0 radical (unpaired) electrons. The lowest BCUT2D eigenvalue weighted by Crippen LogP contribution is -2.37. The highest BCUT2D eigenvalue weighted by Crippen LogP contribution is 2.38. The van der Waals surface area contributed by atoms with E-state index in [0.29, 0.717) is 19.5 Å². The predicted octanol–water partition coefficient (Wildman–Crippen LogP) is 5.82. The minimum Gasteiger partial charge on any atom is -0.392 e. The maximum atomic E-state index is 12.3. The number of benzene rings is 3. The number of carbonyl (C=O) groups excluding carboxylic acids is 2. The van der Waals surface area contributed by atoms with Gasteiger partial charge in [0, 0.05) is 51.5 Å². The third-order valence-electron chi connectivity index (χ3n) is 7.96. The molecular weight excluding hydrogens is 566 g/mol. The van der Waals surface area contributed by atoms with Gasteiger partial charge in [-0.1, -0.05) is 79.2 Å². The first-order valence-electron chi connectivity index (χ1n) is 15.8. The number of carbonyl (C=O) groups is 2. The largest absolute Gasteiger partial charge is 0.392 e. The van der Waals surface area contributed by atoms with Gasteiger partial charge in [0.15, 0.2) is 6.29 Å². The SMILES string of the molecule is C=CCN(C)C[C@@H]1C[C@H](c2ccc(CO)cc2)O[C@H](c2ccc(-c3cccc(CNC(=O)CCCCCNC(C)=O)c3)cc2)O1. The van der Waals surface area contributed by atoms with Gasteiger partial charge in [0.1, 0.15) is 0 Å². The summed E-state index contributed by atoms with van der Waals surface area (Å²) < 4.78 is 13.0. The van der Waals surface area contributed by atoms with Gasteiger partial charge in [0.05, 0.1) is 18.8 Å². The molecule has 3 aromatic rings. The standard InChI is InChI=1S/C37H47N3O5/c1-4-21-40(3)25-34-23-35(31-14-12-28(26-41)13-15-31)45-37(44-34)32-18-16-30(17-19-32)33-10-8-9-29(22-33)24-39-36(43)11-6-5-7-20-38-27(2)42/h4,8-10,12-19,22,34-35,37,41H,1,5-7,11,20-21,23-26H2,2-3H3,(H,38,42)(H,39,43)/t34-,35+,37+/m0/s1. The molecule has 240 valence electrons. The third kappa shape index (κ3) is 10.9. The molecule has 3 atom stereocenters. The van der Waals surface area contributed by atoms with Crippen molar-refractivity contribution in [3.63, 3.8) is 0 Å². The first kappa shape index (κ1) is 34.1. The number of aliphatic hydroxyl groups is 1. The number of amides is 2. The number of rotatable bonds is 16. The number of likely N-dealkylation sites (N-methyl/N-ethyl adjacent to an activating group) is 1. The summed E-state index contributed by atoms with van der Waals surface area (Å²) in [5.74, 6) is 0.0133. The Labute approximate surface area is 267 Å². The van der Waals surface area contributed by atoms with Crippen molar-refractivity contribution < 1.29 is 24.2 Å². The minimum atomic E-state index is -0.510. The van der Waals surface area contributed by atoms with Crippen LogP contribution in [0.3, 0.4) is 0 Å². The van der Waals surface area contributed by atoms with Gasteiger partial charge >= 0.3 is 0 Å². The van der Waals surface area contributed by atoms with Crippen molar-refractivity contribution in [1.29, 1.82) is 0 Å². The number of unbranched alkanes of at least 4 members (excludes halogenated alkanes) is 2. The van der Waals surface area contributed by atoms with Crippen molar-refractivity contribution in [2.45, 2.75) is 70.7 Å². The van der Waals surface area contributed by atoms with Crippen molar-refractivity contribution in [3.8, 4) is 11.1 Å². The third-order valence-corrected chi connectivity index (χ3v) is 7.96. The highest BCUT2D eigenvalue weighted by Gasteiger charge is 2.32. The van der Waals surface area contributed by atoms with Crippen LogP contribution >= 0.6 is 0 Å². The van der Waals surface area contributed by atoms with Gasteiger partial charge in [-0.05, 0) is 53.8 Å². The van der Waals surface area contributed by atoms with Gasteiger partial charge in [0.25, 0.3) is 0 Å². The van der Waals surface area contributed by atoms with E-state index in [4.69, 9.17) is 9.47 Å². The van der Waals surface area contributed by atoms with Gasteiger partial charge in [-0.3, -0.25) is 9.59 Å². The smallest absolute Gasteiger partial charge is 0.220 e. The molecule has 0 spiro atoms. The average molecular weight is 614 g/mol. The van der Waals surface area contributed by atoms with Gasteiger partial charge in [0.2, 0.25) is 11.8 Å². The molecule has 0 saturated carbocycles. The van der Waals surface area contributed by atoms with E-state index >= 15 is 0 Å². The number of aliphatic hydroxyl groups excluding tert-OH is 1. The van der Waals surface area contributed by atoms with E-state index in [2.05, 4.69) is 65.6 Å². The van der Waals surface area contributed by atoms with E-state index in [1.54, 1.807) is 0 Å². The Morgan fingerprint density at radius 3 is 2.40 bits per heavy atom. The van der Waals surface area contributed by atoms with Crippen molar-refractivity contribution in [2.24, 2.45) is 0 Å². The van der Waals surface area contributed by atoms with Crippen LogP contribution in [0.25, 0.3) is 11.1 Å². The van der Waals surface area contributed by atoms with E-state index in [1.807, 2.05) is 42.5 Å². The minimum absolute atomic E-state index is 0.0133. The molecule has 0 aromatic heterocycles. The van der Waals surface area contributed by atoms with Crippen LogP contribution < -0.4 is 10.6 Å². The molecule has 1 fully saturated rings. The van der Waals surface area contributed by atoms with Gasteiger partial charge in [-0.2, -0.15) is 0 Å². The highest BCUT2D eigenvalue weighted by molar-refractivity contribution is 5.76. The molecule has 8 heteroatoms. The molecule has 0 unspecified atom stereocenters. The first-order valence-corrected chi connectivity index (χ1v) is 15.8. The van der Waals surface area contributed by atoms with Crippen LogP contribution in [-0.4, -0.2) is 54.6 Å². The fraction of sp³-hybridized carbons (Fsp3) is 0.405. The predicted molar refractivity (Wildman–Crippen MR) is 177 cm³/mol. The van der Waals surface area contributed by atoms with Crippen molar-refractivity contribution in [1.82, 2.24) is 15.5 Å². The Kier molecular flexibility index (Phi) is 13.3.